The van der Waals surface area contributed by atoms with Gasteiger partial charge in [0.05, 0.1) is 13.2 Å². The molecule has 78 valence electrons. The fourth-order valence-corrected chi connectivity index (χ4v) is 1.51. The van der Waals surface area contributed by atoms with Crippen molar-refractivity contribution >= 4 is 0 Å². The molecule has 0 radical (unpaired) electrons. The standard InChI is InChI=1S/C10H22N2O/c1-4-10(6-12(2)3)11-5-9-7-13-8-9/h9-11H,4-8H2,1-3H3. The number of likely N-dealkylation sites (N-methyl/N-ethyl adjacent to an activating group) is 1. The Balaban J connectivity index is 2.07. The van der Waals surface area contributed by atoms with Crippen molar-refractivity contribution in [3.8, 4) is 0 Å². The van der Waals surface area contributed by atoms with Crippen molar-refractivity contribution in [3.05, 3.63) is 0 Å². The van der Waals surface area contributed by atoms with Crippen LogP contribution in [0.5, 0.6) is 0 Å². The SMILES string of the molecule is CCC(CN(C)C)NCC1COC1. The average molecular weight is 186 g/mol. The molecule has 1 saturated heterocycles. The fourth-order valence-electron chi connectivity index (χ4n) is 1.51. The van der Waals surface area contributed by atoms with Crippen molar-refractivity contribution in [1.82, 2.24) is 10.2 Å². The van der Waals surface area contributed by atoms with Gasteiger partial charge in [-0.3, -0.25) is 0 Å². The van der Waals surface area contributed by atoms with Crippen LogP contribution in [-0.2, 0) is 4.74 Å². The number of rotatable bonds is 6. The first kappa shape index (κ1) is 11.0. The maximum absolute atomic E-state index is 5.13. The summed E-state index contributed by atoms with van der Waals surface area (Å²) in [6, 6.07) is 0.635. The van der Waals surface area contributed by atoms with Gasteiger partial charge in [-0.2, -0.15) is 0 Å². The first-order valence-corrected chi connectivity index (χ1v) is 5.18. The molecule has 3 nitrogen and oxygen atoms in total. The molecule has 1 fully saturated rings. The summed E-state index contributed by atoms with van der Waals surface area (Å²) in [6.07, 6.45) is 1.20. The van der Waals surface area contributed by atoms with Gasteiger partial charge in [-0.15, -0.1) is 0 Å². The van der Waals surface area contributed by atoms with Gasteiger partial charge in [0.2, 0.25) is 0 Å². The summed E-state index contributed by atoms with van der Waals surface area (Å²) in [4.78, 5) is 2.23. The molecular formula is C10H22N2O. The highest BCUT2D eigenvalue weighted by molar-refractivity contribution is 4.73. The third-order valence-electron chi connectivity index (χ3n) is 2.48. The van der Waals surface area contributed by atoms with Crippen LogP contribution >= 0.6 is 0 Å². The molecule has 0 aromatic heterocycles. The lowest BCUT2D eigenvalue weighted by Gasteiger charge is -2.29. The minimum Gasteiger partial charge on any atom is -0.381 e. The van der Waals surface area contributed by atoms with Gasteiger partial charge in [0.1, 0.15) is 0 Å². The summed E-state index contributed by atoms with van der Waals surface area (Å²) >= 11 is 0. The summed E-state index contributed by atoms with van der Waals surface area (Å²) < 4.78 is 5.13. The van der Waals surface area contributed by atoms with Crippen molar-refractivity contribution in [2.45, 2.75) is 19.4 Å². The van der Waals surface area contributed by atoms with Gasteiger partial charge in [0, 0.05) is 25.0 Å². The second-order valence-electron chi connectivity index (χ2n) is 4.18. The Morgan fingerprint density at radius 1 is 1.46 bits per heavy atom. The first-order valence-electron chi connectivity index (χ1n) is 5.18. The summed E-state index contributed by atoms with van der Waals surface area (Å²) in [5.41, 5.74) is 0. The number of hydrogen-bond acceptors (Lipinski definition) is 3. The Morgan fingerprint density at radius 3 is 2.54 bits per heavy atom. The Labute approximate surface area is 81.4 Å². The molecule has 0 aromatic carbocycles. The number of ether oxygens (including phenoxy) is 1. The summed E-state index contributed by atoms with van der Waals surface area (Å²) in [6.45, 7) is 6.38. The summed E-state index contributed by atoms with van der Waals surface area (Å²) in [5.74, 6) is 0.760. The molecule has 0 aliphatic carbocycles. The van der Waals surface area contributed by atoms with Crippen molar-refractivity contribution in [3.63, 3.8) is 0 Å². The minimum atomic E-state index is 0.635. The summed E-state index contributed by atoms with van der Waals surface area (Å²) in [5, 5.41) is 3.58. The lowest BCUT2D eigenvalue weighted by Crippen LogP contribution is -2.44. The molecule has 1 atom stereocenters. The topological polar surface area (TPSA) is 24.5 Å². The predicted molar refractivity (Wildman–Crippen MR) is 54.9 cm³/mol. The van der Waals surface area contributed by atoms with Gasteiger partial charge in [-0.25, -0.2) is 0 Å². The molecule has 0 spiro atoms. The number of hydrogen-bond donors (Lipinski definition) is 1. The second kappa shape index (κ2) is 5.58. The maximum atomic E-state index is 5.13. The smallest absolute Gasteiger partial charge is 0.0528 e. The van der Waals surface area contributed by atoms with Crippen LogP contribution < -0.4 is 5.32 Å². The Morgan fingerprint density at radius 2 is 2.15 bits per heavy atom. The van der Waals surface area contributed by atoms with Crippen LogP contribution in [0.3, 0.4) is 0 Å². The molecule has 0 bridgehead atoms. The van der Waals surface area contributed by atoms with E-state index in [4.69, 9.17) is 4.74 Å². The highest BCUT2D eigenvalue weighted by atomic mass is 16.5. The zero-order valence-corrected chi connectivity index (χ0v) is 9.05. The van der Waals surface area contributed by atoms with E-state index in [1.807, 2.05) is 0 Å². The third kappa shape index (κ3) is 4.07. The first-order chi connectivity index (χ1) is 6.22. The van der Waals surface area contributed by atoms with E-state index in [1.54, 1.807) is 0 Å². The zero-order valence-electron chi connectivity index (χ0n) is 9.05. The van der Waals surface area contributed by atoms with Crippen LogP contribution in [0.25, 0.3) is 0 Å². The van der Waals surface area contributed by atoms with Gasteiger partial charge in [0.25, 0.3) is 0 Å². The van der Waals surface area contributed by atoms with Gasteiger partial charge in [-0.05, 0) is 20.5 Å². The Kier molecular flexibility index (Phi) is 4.70. The van der Waals surface area contributed by atoms with Crippen LogP contribution in [0.15, 0.2) is 0 Å². The molecular weight excluding hydrogens is 164 g/mol. The molecule has 1 unspecified atom stereocenters. The van der Waals surface area contributed by atoms with E-state index >= 15 is 0 Å². The average Bonchev–Trinajstić information content (AvgIpc) is 1.99. The lowest BCUT2D eigenvalue weighted by molar-refractivity contribution is -0.0319. The Hall–Kier alpha value is -0.120. The molecule has 0 aromatic rings. The normalized spacial score (nSPS) is 20.3. The van der Waals surface area contributed by atoms with Gasteiger partial charge < -0.3 is 15.0 Å². The molecule has 1 aliphatic heterocycles. The highest BCUT2D eigenvalue weighted by Gasteiger charge is 2.19. The minimum absolute atomic E-state index is 0.635. The lowest BCUT2D eigenvalue weighted by atomic mass is 10.1. The quantitative estimate of drug-likeness (QED) is 0.656. The molecule has 3 heteroatoms. The van der Waals surface area contributed by atoms with Crippen LogP contribution in [0, 0.1) is 5.92 Å². The van der Waals surface area contributed by atoms with E-state index in [0.717, 1.165) is 32.2 Å². The Bertz CT molecular complexity index is 135. The van der Waals surface area contributed by atoms with E-state index in [9.17, 15) is 0 Å². The third-order valence-corrected chi connectivity index (χ3v) is 2.48. The van der Waals surface area contributed by atoms with E-state index in [2.05, 4.69) is 31.2 Å². The summed E-state index contributed by atoms with van der Waals surface area (Å²) in [7, 11) is 4.24. The van der Waals surface area contributed by atoms with Gasteiger partial charge >= 0.3 is 0 Å². The van der Waals surface area contributed by atoms with Gasteiger partial charge in [0.15, 0.2) is 0 Å². The molecule has 1 heterocycles. The van der Waals surface area contributed by atoms with Crippen molar-refractivity contribution in [2.75, 3.05) is 40.4 Å². The molecule has 1 aliphatic rings. The monoisotopic (exact) mass is 186 g/mol. The van der Waals surface area contributed by atoms with Gasteiger partial charge in [-0.1, -0.05) is 6.92 Å². The fraction of sp³-hybridized carbons (Fsp3) is 1.00. The van der Waals surface area contributed by atoms with E-state index in [0.29, 0.717) is 6.04 Å². The zero-order chi connectivity index (χ0) is 9.68. The molecule has 0 saturated carbocycles. The second-order valence-corrected chi connectivity index (χ2v) is 4.18. The molecule has 1 rings (SSSR count). The maximum Gasteiger partial charge on any atom is 0.0528 e. The number of nitrogens with zero attached hydrogens (tertiary/aromatic N) is 1. The number of nitrogens with one attached hydrogen (secondary N) is 1. The van der Waals surface area contributed by atoms with Crippen LogP contribution in [0.2, 0.25) is 0 Å². The van der Waals surface area contributed by atoms with Crippen molar-refractivity contribution in [2.24, 2.45) is 5.92 Å². The molecule has 13 heavy (non-hydrogen) atoms. The van der Waals surface area contributed by atoms with E-state index in [-0.39, 0.29) is 0 Å². The highest BCUT2D eigenvalue weighted by Crippen LogP contribution is 2.08. The van der Waals surface area contributed by atoms with Crippen LogP contribution in [0.4, 0.5) is 0 Å². The van der Waals surface area contributed by atoms with E-state index in [1.165, 1.54) is 6.42 Å². The molecule has 0 amide bonds. The van der Waals surface area contributed by atoms with Crippen molar-refractivity contribution in [1.29, 1.82) is 0 Å². The van der Waals surface area contributed by atoms with Crippen LogP contribution in [-0.4, -0.2) is 51.3 Å². The molecule has 1 N–H and O–H groups in total. The van der Waals surface area contributed by atoms with E-state index < -0.39 is 0 Å². The van der Waals surface area contributed by atoms with Crippen molar-refractivity contribution < 1.29 is 4.74 Å². The van der Waals surface area contributed by atoms with Crippen LogP contribution in [0.1, 0.15) is 13.3 Å². The predicted octanol–water partition coefficient (Wildman–Crippen LogP) is 0.563. The largest absolute Gasteiger partial charge is 0.381 e.